The molecule has 0 unspecified atom stereocenters. The summed E-state index contributed by atoms with van der Waals surface area (Å²) in [5.41, 5.74) is 1.95. The Balaban J connectivity index is 1.61. The van der Waals surface area contributed by atoms with Gasteiger partial charge in [0.2, 0.25) is 5.91 Å². The number of hydrogen-bond acceptors (Lipinski definition) is 7. The molecule has 0 aliphatic carbocycles. The first-order chi connectivity index (χ1) is 13.0. The minimum atomic E-state index is -0.206. The van der Waals surface area contributed by atoms with Gasteiger partial charge in [-0.05, 0) is 18.2 Å². The average Bonchev–Trinajstić information content (AvgIpc) is 2.98. The Morgan fingerprint density at radius 2 is 2.00 bits per heavy atom. The zero-order valence-corrected chi connectivity index (χ0v) is 16.4. The lowest BCUT2D eigenvalue weighted by Crippen LogP contribution is -2.36. The molecular formula is C17H17N5O3S2. The molecule has 3 amide bonds. The highest BCUT2D eigenvalue weighted by Crippen LogP contribution is 2.39. The lowest BCUT2D eigenvalue weighted by molar-refractivity contribution is -0.116. The van der Waals surface area contributed by atoms with Gasteiger partial charge in [-0.3, -0.25) is 14.4 Å². The quantitative estimate of drug-likeness (QED) is 0.603. The summed E-state index contributed by atoms with van der Waals surface area (Å²) in [7, 11) is 1.62. The second-order valence-corrected chi connectivity index (χ2v) is 8.23. The number of amides is 3. The molecule has 2 aromatic rings. The summed E-state index contributed by atoms with van der Waals surface area (Å²) in [6.45, 7) is 0.957. The van der Waals surface area contributed by atoms with Crippen LogP contribution in [0.2, 0.25) is 0 Å². The third kappa shape index (κ3) is 3.19. The number of hydrogen-bond donors (Lipinski definition) is 1. The Kier molecular flexibility index (Phi) is 4.60. The summed E-state index contributed by atoms with van der Waals surface area (Å²) in [5.74, 6) is -0.492. The van der Waals surface area contributed by atoms with Crippen molar-refractivity contribution in [3.05, 3.63) is 34.0 Å². The lowest BCUT2D eigenvalue weighted by atomic mass is 10.0. The van der Waals surface area contributed by atoms with E-state index in [-0.39, 0.29) is 24.3 Å². The molecule has 2 aromatic heterocycles. The predicted molar refractivity (Wildman–Crippen MR) is 102 cm³/mol. The first-order valence-corrected chi connectivity index (χ1v) is 10.4. The number of carbonyl (C=O) groups is 3. The molecule has 0 spiro atoms. The van der Waals surface area contributed by atoms with Crippen molar-refractivity contribution in [1.82, 2.24) is 19.8 Å². The maximum Gasteiger partial charge on any atom is 0.257 e. The molecule has 2 aliphatic rings. The van der Waals surface area contributed by atoms with Crippen LogP contribution >= 0.6 is 23.1 Å². The van der Waals surface area contributed by atoms with Crippen molar-refractivity contribution in [2.24, 2.45) is 0 Å². The Morgan fingerprint density at radius 3 is 2.70 bits per heavy atom. The molecule has 27 heavy (non-hydrogen) atoms. The predicted octanol–water partition coefficient (Wildman–Crippen LogP) is 1.48. The molecule has 0 fully saturated rings. The third-order valence-corrected chi connectivity index (χ3v) is 6.30. The summed E-state index contributed by atoms with van der Waals surface area (Å²) in [4.78, 5) is 49.8. The van der Waals surface area contributed by atoms with Gasteiger partial charge in [-0.2, -0.15) is 0 Å². The van der Waals surface area contributed by atoms with Gasteiger partial charge in [-0.25, -0.2) is 9.97 Å². The van der Waals surface area contributed by atoms with E-state index in [0.717, 1.165) is 10.4 Å². The number of nitrogens with zero attached hydrogens (tertiary/aromatic N) is 4. The third-order valence-electron chi connectivity index (χ3n) is 4.60. The van der Waals surface area contributed by atoms with Crippen LogP contribution in [0.1, 0.15) is 31.2 Å². The molecule has 10 heteroatoms. The Morgan fingerprint density at radius 1 is 1.26 bits per heavy atom. The fourth-order valence-corrected chi connectivity index (χ4v) is 4.84. The van der Waals surface area contributed by atoms with Crippen LogP contribution in [0.4, 0.5) is 5.00 Å². The second kappa shape index (κ2) is 6.93. The highest BCUT2D eigenvalue weighted by atomic mass is 32.2. The fraction of sp³-hybridized carbons (Fsp3) is 0.353. The number of rotatable bonds is 2. The molecule has 4 heterocycles. The van der Waals surface area contributed by atoms with E-state index in [1.165, 1.54) is 28.0 Å². The smallest absolute Gasteiger partial charge is 0.257 e. The van der Waals surface area contributed by atoms with Gasteiger partial charge in [0.05, 0.1) is 24.2 Å². The summed E-state index contributed by atoms with van der Waals surface area (Å²) in [5, 5.41) is 4.02. The molecule has 2 aliphatic heterocycles. The number of thioether (sulfide) groups is 1. The second-order valence-electron chi connectivity index (χ2n) is 6.35. The molecule has 0 aromatic carbocycles. The first kappa shape index (κ1) is 17.9. The number of nitrogens with one attached hydrogen (secondary N) is 1. The SMILES string of the molecule is CSc1ncc(C(=O)N2CCc3c(sc4c3C(=O)N(C)CC(=O)N4)C2)cn1. The molecule has 0 radical (unpaired) electrons. The summed E-state index contributed by atoms with van der Waals surface area (Å²) < 4.78 is 0. The van der Waals surface area contributed by atoms with Crippen LogP contribution in [0.3, 0.4) is 0 Å². The maximum atomic E-state index is 12.8. The lowest BCUT2D eigenvalue weighted by Gasteiger charge is -2.27. The van der Waals surface area contributed by atoms with Crippen molar-refractivity contribution in [2.75, 3.05) is 31.7 Å². The van der Waals surface area contributed by atoms with Gasteiger partial charge in [-0.15, -0.1) is 11.3 Å². The summed E-state index contributed by atoms with van der Waals surface area (Å²) >= 11 is 2.79. The summed E-state index contributed by atoms with van der Waals surface area (Å²) in [6.07, 6.45) is 5.53. The van der Waals surface area contributed by atoms with E-state index in [0.29, 0.717) is 40.8 Å². The molecule has 0 atom stereocenters. The number of aromatic nitrogens is 2. The topological polar surface area (TPSA) is 95.5 Å². The molecule has 1 N–H and O–H groups in total. The zero-order valence-electron chi connectivity index (χ0n) is 14.8. The van der Waals surface area contributed by atoms with Gasteiger partial charge in [0.25, 0.3) is 11.8 Å². The van der Waals surface area contributed by atoms with Gasteiger partial charge in [0, 0.05) is 30.9 Å². The van der Waals surface area contributed by atoms with Crippen LogP contribution in [0, 0.1) is 0 Å². The highest BCUT2D eigenvalue weighted by Gasteiger charge is 2.34. The van der Waals surface area contributed by atoms with Crippen LogP contribution in [-0.2, 0) is 17.8 Å². The van der Waals surface area contributed by atoms with Crippen LogP contribution in [0.5, 0.6) is 0 Å². The van der Waals surface area contributed by atoms with Crippen LogP contribution in [-0.4, -0.2) is 63.9 Å². The molecule has 140 valence electrons. The molecule has 4 rings (SSSR count). The Bertz CT molecular complexity index is 941. The van der Waals surface area contributed by atoms with Crippen LogP contribution in [0.25, 0.3) is 0 Å². The van der Waals surface area contributed by atoms with E-state index in [9.17, 15) is 14.4 Å². The van der Waals surface area contributed by atoms with Gasteiger partial charge < -0.3 is 15.1 Å². The van der Waals surface area contributed by atoms with Gasteiger partial charge in [0.1, 0.15) is 5.00 Å². The van der Waals surface area contributed by atoms with Crippen molar-refractivity contribution in [1.29, 1.82) is 0 Å². The zero-order chi connectivity index (χ0) is 19.1. The van der Waals surface area contributed by atoms with Crippen molar-refractivity contribution >= 4 is 45.8 Å². The molecule has 0 saturated heterocycles. The number of anilines is 1. The first-order valence-electron chi connectivity index (χ1n) is 8.33. The minimum Gasteiger partial charge on any atom is -0.333 e. The molecule has 0 saturated carbocycles. The Labute approximate surface area is 164 Å². The molecule has 8 nitrogen and oxygen atoms in total. The molecule has 0 bridgehead atoms. The van der Waals surface area contributed by atoms with E-state index in [2.05, 4.69) is 15.3 Å². The van der Waals surface area contributed by atoms with E-state index in [1.807, 2.05) is 6.26 Å². The largest absolute Gasteiger partial charge is 0.333 e. The van der Waals surface area contributed by atoms with Gasteiger partial charge in [-0.1, -0.05) is 11.8 Å². The minimum absolute atomic E-state index is 0.0473. The van der Waals surface area contributed by atoms with Gasteiger partial charge in [0.15, 0.2) is 5.16 Å². The standard InChI is InChI=1S/C17H17N5O3S2/c1-21-8-12(23)20-14-13(16(21)25)10-3-4-22(7-11(10)27-14)15(24)9-5-18-17(26-2)19-6-9/h5-6H,3-4,7-8H2,1-2H3,(H,20,23). The van der Waals surface area contributed by atoms with Crippen molar-refractivity contribution in [3.63, 3.8) is 0 Å². The molecular weight excluding hydrogens is 386 g/mol. The van der Waals surface area contributed by atoms with E-state index < -0.39 is 0 Å². The summed E-state index contributed by atoms with van der Waals surface area (Å²) in [6, 6.07) is 0. The monoisotopic (exact) mass is 403 g/mol. The van der Waals surface area contributed by atoms with E-state index in [1.54, 1.807) is 24.3 Å². The number of likely N-dealkylation sites (N-methyl/N-ethyl adjacent to an activating group) is 1. The normalized spacial score (nSPS) is 16.5. The fourth-order valence-electron chi connectivity index (χ4n) is 3.25. The van der Waals surface area contributed by atoms with Crippen molar-refractivity contribution < 1.29 is 14.4 Å². The Hall–Kier alpha value is -2.46. The highest BCUT2D eigenvalue weighted by molar-refractivity contribution is 7.98. The van der Waals surface area contributed by atoms with Crippen LogP contribution < -0.4 is 5.32 Å². The van der Waals surface area contributed by atoms with Crippen molar-refractivity contribution in [2.45, 2.75) is 18.1 Å². The maximum absolute atomic E-state index is 12.8. The van der Waals surface area contributed by atoms with Gasteiger partial charge >= 0.3 is 0 Å². The van der Waals surface area contributed by atoms with Crippen molar-refractivity contribution in [3.8, 4) is 0 Å². The van der Waals surface area contributed by atoms with Crippen LogP contribution in [0.15, 0.2) is 17.6 Å². The van der Waals surface area contributed by atoms with E-state index in [4.69, 9.17) is 0 Å². The average molecular weight is 403 g/mol. The number of thiophene rings is 1. The number of fused-ring (bicyclic) bond motifs is 3. The number of carbonyl (C=O) groups excluding carboxylic acids is 3. The van der Waals surface area contributed by atoms with E-state index >= 15 is 0 Å².